The molecule has 1 spiro atoms. The zero-order chi connectivity index (χ0) is 55.5. The normalized spacial score (nSPS) is 21.6. The topological polar surface area (TPSA) is 170 Å². The fraction of sp³-hybridized carbons (Fsp3) is 0.246. The van der Waals surface area contributed by atoms with E-state index in [9.17, 15) is 9.90 Å². The number of imide groups is 1. The van der Waals surface area contributed by atoms with E-state index in [1.54, 1.807) is 56.5 Å². The largest absolute Gasteiger partial charge is 0.497 e. The predicted molar refractivity (Wildman–Crippen MR) is 303 cm³/mol. The molecule has 7 aromatic rings. The molecule has 3 saturated heterocycles. The van der Waals surface area contributed by atoms with E-state index < -0.39 is 65.4 Å². The van der Waals surface area contributed by atoms with Gasteiger partial charge in [-0.25, -0.2) is 9.69 Å². The van der Waals surface area contributed by atoms with Gasteiger partial charge in [0.05, 0.1) is 43.4 Å². The Morgan fingerprint density at radius 3 is 1.96 bits per heavy atom. The second-order valence-corrected chi connectivity index (χ2v) is 20.4. The zero-order valence-electron chi connectivity index (χ0n) is 44.5. The summed E-state index contributed by atoms with van der Waals surface area (Å²) in [7, 11) is 1.59. The van der Waals surface area contributed by atoms with Crippen molar-refractivity contribution in [3.63, 3.8) is 0 Å². The van der Waals surface area contributed by atoms with Gasteiger partial charge in [-0.15, -0.1) is 0 Å². The second kappa shape index (κ2) is 22.6. The lowest BCUT2D eigenvalue weighted by Gasteiger charge is -2.46. The summed E-state index contributed by atoms with van der Waals surface area (Å²) >= 11 is 0. The quantitative estimate of drug-likeness (QED) is 0.0789. The van der Waals surface area contributed by atoms with E-state index in [0.717, 1.165) is 21.7 Å². The lowest BCUT2D eigenvalue weighted by molar-refractivity contribution is -0.177. The van der Waals surface area contributed by atoms with Crippen LogP contribution in [0, 0.1) is 17.8 Å². The van der Waals surface area contributed by atoms with E-state index in [4.69, 9.17) is 14.2 Å². The predicted octanol–water partition coefficient (Wildman–Crippen LogP) is 8.91. The van der Waals surface area contributed by atoms with Crippen LogP contribution >= 0.6 is 0 Å². The van der Waals surface area contributed by atoms with Crippen molar-refractivity contribution in [3.8, 4) is 23.3 Å². The molecule has 15 nitrogen and oxygen atoms in total. The Morgan fingerprint density at radius 1 is 0.713 bits per heavy atom. The van der Waals surface area contributed by atoms with E-state index in [1.807, 2.05) is 156 Å². The molecule has 0 radical (unpaired) electrons. The van der Waals surface area contributed by atoms with Crippen molar-refractivity contribution in [2.45, 2.75) is 49.5 Å². The molecule has 0 bridgehead atoms. The highest BCUT2D eigenvalue weighted by molar-refractivity contribution is 6.25. The van der Waals surface area contributed by atoms with Gasteiger partial charge in [0, 0.05) is 55.6 Å². The molecule has 80 heavy (non-hydrogen) atoms. The number of urea groups is 1. The number of nitrogens with zero attached hydrogens (tertiary/aromatic N) is 4. The van der Waals surface area contributed by atoms with Crippen LogP contribution in [0.15, 0.2) is 182 Å². The summed E-state index contributed by atoms with van der Waals surface area (Å²) in [6.07, 6.45) is -0.940. The number of ether oxygens (including phenoxy) is 3. The van der Waals surface area contributed by atoms with Crippen molar-refractivity contribution in [1.82, 2.24) is 15.1 Å². The van der Waals surface area contributed by atoms with Gasteiger partial charge in [0.15, 0.2) is 0 Å². The molecule has 0 aromatic heterocycles. The molecule has 404 valence electrons. The molecule has 4 heterocycles. The molecular formula is C65H60N6O9. The lowest BCUT2D eigenvalue weighted by Crippen LogP contribution is -2.55. The number of amides is 5. The van der Waals surface area contributed by atoms with Crippen LogP contribution in [0.2, 0.25) is 0 Å². The number of cyclic esters (lactones) is 1. The summed E-state index contributed by atoms with van der Waals surface area (Å²) in [6.45, 7) is 5.60. The number of carbonyl (C=O) groups excluding carboxylic acids is 5. The summed E-state index contributed by atoms with van der Waals surface area (Å²) in [5.74, 6) is 3.97. The molecular weight excluding hydrogens is 1010 g/mol. The van der Waals surface area contributed by atoms with Crippen LogP contribution in [-0.2, 0) is 29.3 Å². The maximum Gasteiger partial charge on any atom is 0.329 e. The molecule has 15 heteroatoms. The number of methoxy groups -OCH3 is 1. The van der Waals surface area contributed by atoms with E-state index in [1.165, 1.54) is 0 Å². The highest BCUT2D eigenvalue weighted by Crippen LogP contribution is 2.66. The third-order valence-electron chi connectivity index (χ3n) is 15.8. The number of hydrogen-bond acceptors (Lipinski definition) is 11. The minimum Gasteiger partial charge on any atom is -0.497 e. The average molecular weight is 1070 g/mol. The van der Waals surface area contributed by atoms with Gasteiger partial charge in [0.1, 0.15) is 35.7 Å². The number of esters is 1. The minimum atomic E-state index is -2.07. The van der Waals surface area contributed by atoms with Gasteiger partial charge in [-0.1, -0.05) is 115 Å². The van der Waals surface area contributed by atoms with Crippen LogP contribution in [0.25, 0.3) is 0 Å². The van der Waals surface area contributed by atoms with Crippen LogP contribution in [0.1, 0.15) is 77.0 Å². The van der Waals surface area contributed by atoms with Crippen molar-refractivity contribution in [2.24, 2.45) is 5.92 Å². The number of aliphatic hydroxyl groups excluding tert-OH is 1. The third-order valence-corrected chi connectivity index (χ3v) is 15.8. The Labute approximate surface area is 464 Å². The molecule has 5 amide bonds. The molecule has 11 rings (SSSR count). The molecule has 3 N–H and O–H groups in total. The molecule has 2 unspecified atom stereocenters. The highest BCUT2D eigenvalue weighted by Gasteiger charge is 2.75. The Morgan fingerprint density at radius 2 is 1.32 bits per heavy atom. The van der Waals surface area contributed by atoms with Gasteiger partial charge in [-0.05, 0) is 114 Å². The number of aliphatic hydroxyl groups is 1. The van der Waals surface area contributed by atoms with Gasteiger partial charge >= 0.3 is 12.0 Å². The SMILES string of the molecule is COc1ccc(C#Cc2ccc3c(c2)C2(C(=O)N3C(=O)N[C@@H](C)c3ccccc3)[C@H](c3ccc(OCCO)cc3)N3C(C(=O)O[C@@H](c4ccccc4)[C@H]3c3ccccc3)[C@@H]2C(=O)Nc2ccc(N3CCN(C(C)=O)CC3)cc2)cc1. The Kier molecular flexibility index (Phi) is 14.9. The van der Waals surface area contributed by atoms with Crippen LogP contribution in [0.3, 0.4) is 0 Å². The lowest BCUT2D eigenvalue weighted by atomic mass is 9.65. The van der Waals surface area contributed by atoms with Crippen LogP contribution in [-0.4, -0.2) is 97.2 Å². The van der Waals surface area contributed by atoms with Crippen molar-refractivity contribution in [3.05, 3.63) is 221 Å². The first-order chi connectivity index (χ1) is 39.0. The highest BCUT2D eigenvalue weighted by atomic mass is 16.6. The van der Waals surface area contributed by atoms with Crippen LogP contribution < -0.4 is 29.9 Å². The van der Waals surface area contributed by atoms with Gasteiger partial charge in [-0.2, -0.15) is 0 Å². The van der Waals surface area contributed by atoms with Crippen LogP contribution in [0.4, 0.5) is 21.9 Å². The molecule has 0 aliphatic carbocycles. The van der Waals surface area contributed by atoms with E-state index in [-0.39, 0.29) is 24.8 Å². The zero-order valence-corrected chi connectivity index (χ0v) is 44.5. The summed E-state index contributed by atoms with van der Waals surface area (Å²) < 4.78 is 18.0. The maximum atomic E-state index is 17.0. The summed E-state index contributed by atoms with van der Waals surface area (Å²) in [5, 5.41) is 16.0. The van der Waals surface area contributed by atoms with Crippen molar-refractivity contribution < 1.29 is 43.3 Å². The standard InChI is InChI=1S/C65H60N6O9/c1-42(46-13-7-4-8-14-46)66-64(77)70-55-34-23-45(20-19-44-21-30-52(78-3)31-22-44)41-54(55)65(63(70)76)56(61(74)67-50-26-28-51(29-27-50)69-37-35-68(36-38-69)43(2)73)58-62(75)80-59(48-17-11-6-12-18-48)57(47-15-9-5-10-16-47)71(58)60(65)49-24-32-53(33-25-49)79-40-39-72/h4-18,21-34,41-42,56-60,72H,35-40H2,1-3H3,(H,66,77)(H,67,74)/t42-,56+,57+,58?,59-,60-,65?/m0/s1. The summed E-state index contributed by atoms with van der Waals surface area (Å²) in [5.41, 5.74) is 3.68. The number of fused-ring (bicyclic) bond motifs is 3. The Balaban J connectivity index is 1.14. The number of benzene rings is 7. The van der Waals surface area contributed by atoms with Crippen molar-refractivity contribution >= 4 is 46.8 Å². The molecule has 4 aliphatic rings. The van der Waals surface area contributed by atoms with Gasteiger partial charge in [-0.3, -0.25) is 24.1 Å². The van der Waals surface area contributed by atoms with Gasteiger partial charge in [0.2, 0.25) is 17.7 Å². The first kappa shape index (κ1) is 52.8. The third kappa shape index (κ3) is 9.88. The first-order valence-electron chi connectivity index (χ1n) is 26.8. The monoisotopic (exact) mass is 1070 g/mol. The summed E-state index contributed by atoms with van der Waals surface area (Å²) in [6, 6.07) is 50.6. The molecule has 7 atom stereocenters. The molecule has 4 aliphatic heterocycles. The Hall–Kier alpha value is -9.23. The van der Waals surface area contributed by atoms with Crippen LogP contribution in [0.5, 0.6) is 11.5 Å². The number of piperazine rings is 1. The fourth-order valence-corrected chi connectivity index (χ4v) is 12.0. The number of nitrogens with one attached hydrogen (secondary N) is 2. The fourth-order valence-electron chi connectivity index (χ4n) is 12.0. The summed E-state index contributed by atoms with van der Waals surface area (Å²) in [4.78, 5) is 83.6. The minimum absolute atomic E-state index is 0.0244. The molecule has 7 aromatic carbocycles. The number of rotatable bonds is 12. The number of anilines is 3. The first-order valence-corrected chi connectivity index (χ1v) is 26.8. The van der Waals surface area contributed by atoms with Crippen molar-refractivity contribution in [2.75, 3.05) is 61.6 Å². The van der Waals surface area contributed by atoms with Gasteiger partial charge < -0.3 is 39.8 Å². The number of hydrogen-bond donors (Lipinski definition) is 3. The smallest absolute Gasteiger partial charge is 0.329 e. The van der Waals surface area contributed by atoms with E-state index in [0.29, 0.717) is 71.2 Å². The number of carbonyl (C=O) groups is 5. The second-order valence-electron chi connectivity index (χ2n) is 20.4. The van der Waals surface area contributed by atoms with E-state index >= 15 is 19.2 Å². The van der Waals surface area contributed by atoms with E-state index in [2.05, 4.69) is 27.4 Å². The van der Waals surface area contributed by atoms with Gasteiger partial charge in [0.25, 0.3) is 0 Å². The van der Waals surface area contributed by atoms with Crippen molar-refractivity contribution in [1.29, 1.82) is 0 Å². The maximum absolute atomic E-state index is 17.0. The number of morpholine rings is 1. The molecule has 0 saturated carbocycles. The Bertz CT molecular complexity index is 3470. The molecule has 3 fully saturated rings. The average Bonchev–Trinajstić information content (AvgIpc) is 1.99.